The highest BCUT2D eigenvalue weighted by atomic mass is 16.3. The Morgan fingerprint density at radius 1 is 0.418 bits per heavy atom. The van der Waals surface area contributed by atoms with Crippen LogP contribution in [0.3, 0.4) is 0 Å². The largest absolute Gasteiger partial charge is 0.455 e. The zero-order valence-electron chi connectivity index (χ0n) is 37.3. The molecular weight excluding hydrogens is 813 g/mol. The molecular formula is C64H48N2O. The fraction of sp³-hybridized carbons (Fsp3) is 0.0938. The van der Waals surface area contributed by atoms with Crippen LogP contribution in [0.2, 0.25) is 0 Å². The van der Waals surface area contributed by atoms with Crippen molar-refractivity contribution >= 4 is 71.6 Å². The Kier molecular flexibility index (Phi) is 9.60. The van der Waals surface area contributed by atoms with Crippen LogP contribution in [0.15, 0.2) is 229 Å². The lowest BCUT2D eigenvalue weighted by Gasteiger charge is -2.29. The van der Waals surface area contributed by atoms with Gasteiger partial charge in [-0.1, -0.05) is 183 Å². The molecule has 12 aromatic rings. The lowest BCUT2D eigenvalue weighted by atomic mass is 9.80. The number of benzene rings is 10. The van der Waals surface area contributed by atoms with E-state index in [1.807, 2.05) is 6.07 Å². The van der Waals surface area contributed by atoms with E-state index < -0.39 is 0 Å². The fourth-order valence-corrected chi connectivity index (χ4v) is 11.4. The molecule has 0 aliphatic heterocycles. The molecule has 3 nitrogen and oxygen atoms in total. The summed E-state index contributed by atoms with van der Waals surface area (Å²) in [5.41, 5.74) is 17.2. The van der Waals surface area contributed by atoms with E-state index in [0.29, 0.717) is 5.92 Å². The van der Waals surface area contributed by atoms with Crippen LogP contribution in [0.4, 0.5) is 17.1 Å². The minimum atomic E-state index is 0.567. The van der Waals surface area contributed by atoms with Crippen LogP contribution in [0.5, 0.6) is 0 Å². The van der Waals surface area contributed by atoms with Gasteiger partial charge in [0.15, 0.2) is 0 Å². The molecule has 0 saturated heterocycles. The van der Waals surface area contributed by atoms with Crippen molar-refractivity contribution in [3.8, 4) is 39.1 Å². The van der Waals surface area contributed by atoms with Crippen molar-refractivity contribution in [1.82, 2.24) is 4.57 Å². The van der Waals surface area contributed by atoms with Gasteiger partial charge in [-0.3, -0.25) is 0 Å². The van der Waals surface area contributed by atoms with Crippen LogP contribution < -0.4 is 4.90 Å². The monoisotopic (exact) mass is 860 g/mol. The second-order valence-corrected chi connectivity index (χ2v) is 18.2. The van der Waals surface area contributed by atoms with E-state index in [1.54, 1.807) is 0 Å². The van der Waals surface area contributed by atoms with Crippen molar-refractivity contribution in [2.75, 3.05) is 4.90 Å². The molecule has 0 atom stereocenters. The van der Waals surface area contributed by atoms with Gasteiger partial charge >= 0.3 is 0 Å². The average molecular weight is 861 g/mol. The van der Waals surface area contributed by atoms with Gasteiger partial charge in [0.25, 0.3) is 0 Å². The molecule has 0 spiro atoms. The number of anilines is 3. The molecule has 0 unspecified atom stereocenters. The summed E-state index contributed by atoms with van der Waals surface area (Å²) in [5, 5.41) is 7.45. The maximum atomic E-state index is 6.53. The Morgan fingerprint density at radius 2 is 1.07 bits per heavy atom. The predicted octanol–water partition coefficient (Wildman–Crippen LogP) is 18.4. The molecule has 2 aromatic heterocycles. The smallest absolute Gasteiger partial charge is 0.143 e. The molecule has 1 aliphatic carbocycles. The molecule has 0 amide bonds. The summed E-state index contributed by atoms with van der Waals surface area (Å²) >= 11 is 0. The van der Waals surface area contributed by atoms with E-state index in [0.717, 1.165) is 55.8 Å². The van der Waals surface area contributed by atoms with E-state index in [-0.39, 0.29) is 0 Å². The Balaban J connectivity index is 1.01. The minimum absolute atomic E-state index is 0.567. The summed E-state index contributed by atoms with van der Waals surface area (Å²) in [6.07, 6.45) is 6.43. The predicted molar refractivity (Wildman–Crippen MR) is 282 cm³/mol. The van der Waals surface area contributed by atoms with Gasteiger partial charge in [-0.2, -0.15) is 0 Å². The summed E-state index contributed by atoms with van der Waals surface area (Å²) in [7, 11) is 0. The quantitative estimate of drug-likeness (QED) is 0.152. The van der Waals surface area contributed by atoms with E-state index >= 15 is 0 Å². The van der Waals surface area contributed by atoms with E-state index in [1.165, 1.54) is 92.5 Å². The van der Waals surface area contributed by atoms with Gasteiger partial charge in [-0.15, -0.1) is 0 Å². The van der Waals surface area contributed by atoms with Crippen LogP contribution >= 0.6 is 0 Å². The summed E-state index contributed by atoms with van der Waals surface area (Å²) < 4.78 is 8.94. The topological polar surface area (TPSA) is 21.3 Å². The summed E-state index contributed by atoms with van der Waals surface area (Å²) in [6, 6.07) is 82.3. The first-order valence-electron chi connectivity index (χ1n) is 23.9. The highest BCUT2D eigenvalue weighted by Crippen LogP contribution is 2.48. The highest BCUT2D eigenvalue weighted by molar-refractivity contribution is 6.16. The minimum Gasteiger partial charge on any atom is -0.455 e. The third kappa shape index (κ3) is 6.64. The van der Waals surface area contributed by atoms with E-state index in [2.05, 4.69) is 228 Å². The van der Waals surface area contributed by atoms with Crippen molar-refractivity contribution < 1.29 is 4.42 Å². The number of nitrogens with zero attached hydrogens (tertiary/aromatic N) is 2. The van der Waals surface area contributed by atoms with Gasteiger partial charge < -0.3 is 13.9 Å². The molecule has 0 N–H and O–H groups in total. The highest BCUT2D eigenvalue weighted by Gasteiger charge is 2.24. The summed E-state index contributed by atoms with van der Waals surface area (Å²) in [6.45, 7) is 0. The molecule has 1 aliphatic rings. The van der Waals surface area contributed by atoms with Gasteiger partial charge in [-0.25, -0.2) is 0 Å². The molecule has 10 aromatic carbocycles. The number of hydrogen-bond acceptors (Lipinski definition) is 2. The average Bonchev–Trinajstić information content (AvgIpc) is 3.96. The Labute approximate surface area is 390 Å². The number of fused-ring (bicyclic) bond motifs is 7. The zero-order chi connectivity index (χ0) is 44.3. The second-order valence-electron chi connectivity index (χ2n) is 18.2. The summed E-state index contributed by atoms with van der Waals surface area (Å²) in [4.78, 5) is 2.47. The molecule has 67 heavy (non-hydrogen) atoms. The Hall–Kier alpha value is -8.14. The van der Waals surface area contributed by atoms with Crippen LogP contribution in [0.1, 0.15) is 43.6 Å². The van der Waals surface area contributed by atoms with Gasteiger partial charge in [0.1, 0.15) is 11.2 Å². The van der Waals surface area contributed by atoms with Crippen molar-refractivity contribution in [2.45, 2.75) is 38.0 Å². The van der Waals surface area contributed by atoms with Crippen molar-refractivity contribution in [1.29, 1.82) is 0 Å². The second kappa shape index (κ2) is 16.4. The summed E-state index contributed by atoms with van der Waals surface area (Å²) in [5.74, 6) is 0.567. The van der Waals surface area contributed by atoms with Crippen LogP contribution in [-0.4, -0.2) is 4.57 Å². The fourth-order valence-electron chi connectivity index (χ4n) is 11.4. The number of rotatable bonds is 8. The van der Waals surface area contributed by atoms with Crippen LogP contribution in [-0.2, 0) is 0 Å². The van der Waals surface area contributed by atoms with E-state index in [4.69, 9.17) is 4.42 Å². The lowest BCUT2D eigenvalue weighted by Crippen LogP contribution is -2.11. The van der Waals surface area contributed by atoms with Crippen molar-refractivity contribution in [2.24, 2.45) is 0 Å². The van der Waals surface area contributed by atoms with Gasteiger partial charge in [-0.05, 0) is 118 Å². The molecule has 1 fully saturated rings. The van der Waals surface area contributed by atoms with Gasteiger partial charge in [0.2, 0.25) is 0 Å². The maximum absolute atomic E-state index is 6.53. The van der Waals surface area contributed by atoms with Crippen LogP contribution in [0, 0.1) is 0 Å². The van der Waals surface area contributed by atoms with Crippen molar-refractivity contribution in [3.63, 3.8) is 0 Å². The number of para-hydroxylation sites is 5. The number of aromatic nitrogens is 1. The molecule has 0 bridgehead atoms. The molecule has 320 valence electrons. The normalized spacial score (nSPS) is 13.3. The zero-order valence-corrected chi connectivity index (χ0v) is 37.3. The first-order chi connectivity index (χ1) is 33.3. The molecule has 1 saturated carbocycles. The lowest BCUT2D eigenvalue weighted by molar-refractivity contribution is 0.445. The Bertz CT molecular complexity index is 3790. The van der Waals surface area contributed by atoms with Crippen LogP contribution in [0.25, 0.3) is 93.6 Å². The molecule has 0 radical (unpaired) electrons. The molecule has 2 heterocycles. The van der Waals surface area contributed by atoms with Gasteiger partial charge in [0.05, 0.1) is 16.7 Å². The van der Waals surface area contributed by atoms with Gasteiger partial charge in [0, 0.05) is 49.7 Å². The van der Waals surface area contributed by atoms with E-state index in [9.17, 15) is 0 Å². The third-order valence-electron chi connectivity index (χ3n) is 14.4. The first-order valence-corrected chi connectivity index (χ1v) is 23.9. The third-order valence-corrected chi connectivity index (χ3v) is 14.4. The number of furan rings is 1. The number of hydrogen-bond donors (Lipinski definition) is 0. The molecule has 13 rings (SSSR count). The van der Waals surface area contributed by atoms with Crippen molar-refractivity contribution in [3.05, 3.63) is 230 Å². The maximum Gasteiger partial charge on any atom is 0.143 e. The molecule has 3 heteroatoms. The Morgan fingerprint density at radius 3 is 1.96 bits per heavy atom. The SMILES string of the molecule is c1ccc(-n2c3ccccc3c3c(-c4cccc(N(c5ccc(-c6cccc7c6oc6ccccc67)cc5)c5ccccc5-c5cccc6cccc(C7CCCCC7)c56)c4)cccc32)cc1. The first kappa shape index (κ1) is 39.2. The standard InChI is InChI=1S/C64H48N2O/c1-3-18-43(19-4-1)50-29-14-20-45-21-15-32-55(62(45)50)53-26-7-10-34-58(53)65(48-40-38-44(39-41-48)52-31-16-33-56-54-27-9-12-37-61(54)67-64(52)56)49-25-13-22-46(42-49)51-30-17-36-60-63(51)57-28-8-11-35-59(57)66(60)47-23-5-2-6-24-47/h2,5-17,20-43H,1,3-4,18-19H2.